The Labute approximate surface area is 255 Å². The first kappa shape index (κ1) is 30.3. The van der Waals surface area contributed by atoms with Crippen LogP contribution in [0.5, 0.6) is 0 Å². The number of halogens is 2. The molecule has 10 heteroatoms. The highest BCUT2D eigenvalue weighted by Gasteiger charge is 2.34. The van der Waals surface area contributed by atoms with Crippen LogP contribution >= 0.6 is 34.2 Å². The van der Waals surface area contributed by atoms with Gasteiger partial charge < -0.3 is 10.2 Å². The number of nitrogens with zero attached hydrogens (tertiary/aromatic N) is 2. The standard InChI is InChI=1S/C30H33ClIN3O4S/c1-40(38,39)35(27-16-14-25(32)15-17-27)21-29(36)34(20-23-10-7-11-24(31)18-23)28(19-22-8-3-2-4-9-22)30(37)33-26-12-5-6-13-26/h2-4,7-11,14-18,26,28H,5-6,12-13,19-21H2,1H3,(H,33,37). The van der Waals surface area contributed by atoms with E-state index >= 15 is 0 Å². The van der Waals surface area contributed by atoms with Gasteiger partial charge in [-0.1, -0.05) is 66.9 Å². The van der Waals surface area contributed by atoms with E-state index in [1.807, 2.05) is 36.4 Å². The maximum absolute atomic E-state index is 14.1. The van der Waals surface area contributed by atoms with E-state index in [9.17, 15) is 18.0 Å². The Morgan fingerprint density at radius 1 is 0.975 bits per heavy atom. The SMILES string of the molecule is CS(=O)(=O)N(CC(=O)N(Cc1cccc(Cl)c1)C(Cc1ccccc1)C(=O)NC1CCCC1)c1ccc(I)cc1. The molecule has 1 aliphatic carbocycles. The largest absolute Gasteiger partial charge is 0.352 e. The molecule has 0 heterocycles. The zero-order chi connectivity index (χ0) is 28.7. The molecule has 0 saturated heterocycles. The van der Waals surface area contributed by atoms with Crippen molar-refractivity contribution in [1.29, 1.82) is 0 Å². The summed E-state index contributed by atoms with van der Waals surface area (Å²) in [6.07, 6.45) is 5.28. The minimum Gasteiger partial charge on any atom is -0.352 e. The van der Waals surface area contributed by atoms with Crippen LogP contribution in [0.3, 0.4) is 0 Å². The average molecular weight is 694 g/mol. The summed E-state index contributed by atoms with van der Waals surface area (Å²) in [4.78, 5) is 29.4. The summed E-state index contributed by atoms with van der Waals surface area (Å²) < 4.78 is 27.7. The molecule has 1 atom stereocenters. The molecule has 0 aliphatic heterocycles. The van der Waals surface area contributed by atoms with E-state index in [1.165, 1.54) is 4.90 Å². The Bertz CT molecular complexity index is 1410. The molecule has 212 valence electrons. The van der Waals surface area contributed by atoms with Crippen LogP contribution < -0.4 is 9.62 Å². The topological polar surface area (TPSA) is 86.8 Å². The van der Waals surface area contributed by atoms with Crippen LogP contribution in [0.2, 0.25) is 5.02 Å². The summed E-state index contributed by atoms with van der Waals surface area (Å²) in [6, 6.07) is 22.8. The number of carbonyl (C=O) groups is 2. The van der Waals surface area contributed by atoms with Crippen LogP contribution in [-0.4, -0.2) is 50.0 Å². The Morgan fingerprint density at radius 3 is 2.25 bits per heavy atom. The van der Waals surface area contributed by atoms with Crippen LogP contribution in [0.1, 0.15) is 36.8 Å². The molecule has 0 bridgehead atoms. The van der Waals surface area contributed by atoms with Gasteiger partial charge in [0.05, 0.1) is 11.9 Å². The molecule has 3 aromatic rings. The number of benzene rings is 3. The summed E-state index contributed by atoms with van der Waals surface area (Å²) in [5.41, 5.74) is 2.03. The van der Waals surface area contributed by atoms with Gasteiger partial charge in [0.1, 0.15) is 12.6 Å². The van der Waals surface area contributed by atoms with Crippen molar-refractivity contribution in [2.45, 2.75) is 50.7 Å². The van der Waals surface area contributed by atoms with Crippen LogP contribution in [0.25, 0.3) is 0 Å². The first-order chi connectivity index (χ1) is 19.1. The van der Waals surface area contributed by atoms with E-state index in [0.29, 0.717) is 10.7 Å². The van der Waals surface area contributed by atoms with Gasteiger partial charge in [0.25, 0.3) is 0 Å². The lowest BCUT2D eigenvalue weighted by atomic mass is 10.0. The number of anilines is 1. The van der Waals surface area contributed by atoms with Gasteiger partial charge in [0.15, 0.2) is 0 Å². The third-order valence-electron chi connectivity index (χ3n) is 7.01. The van der Waals surface area contributed by atoms with Crippen molar-refractivity contribution in [3.05, 3.63) is 98.6 Å². The first-order valence-corrected chi connectivity index (χ1v) is 16.5. The van der Waals surface area contributed by atoms with E-state index in [-0.39, 0.29) is 24.9 Å². The van der Waals surface area contributed by atoms with Gasteiger partial charge in [-0.25, -0.2) is 8.42 Å². The van der Waals surface area contributed by atoms with Gasteiger partial charge in [-0.3, -0.25) is 13.9 Å². The summed E-state index contributed by atoms with van der Waals surface area (Å²) in [7, 11) is -3.80. The molecule has 40 heavy (non-hydrogen) atoms. The molecule has 0 aromatic heterocycles. The molecule has 1 fully saturated rings. The molecule has 1 aliphatic rings. The van der Waals surface area contributed by atoms with Gasteiger partial charge in [0.2, 0.25) is 21.8 Å². The number of amides is 2. The molecular formula is C30H33ClIN3O4S. The third-order valence-corrected chi connectivity index (χ3v) is 9.10. The van der Waals surface area contributed by atoms with Crippen molar-refractivity contribution in [3.63, 3.8) is 0 Å². The van der Waals surface area contributed by atoms with E-state index in [2.05, 4.69) is 27.9 Å². The fourth-order valence-corrected chi connectivity index (χ4v) is 6.40. The number of nitrogens with one attached hydrogen (secondary N) is 1. The van der Waals surface area contributed by atoms with E-state index in [0.717, 1.165) is 50.9 Å². The van der Waals surface area contributed by atoms with Crippen molar-refractivity contribution >= 4 is 61.7 Å². The Balaban J connectivity index is 1.72. The lowest BCUT2D eigenvalue weighted by Crippen LogP contribution is -2.54. The van der Waals surface area contributed by atoms with Gasteiger partial charge in [-0.2, -0.15) is 0 Å². The van der Waals surface area contributed by atoms with Gasteiger partial charge in [-0.15, -0.1) is 0 Å². The molecule has 0 radical (unpaired) electrons. The van der Waals surface area contributed by atoms with Crippen molar-refractivity contribution in [2.24, 2.45) is 0 Å². The fraction of sp³-hybridized carbons (Fsp3) is 0.333. The van der Waals surface area contributed by atoms with Gasteiger partial charge in [-0.05, 0) is 83.0 Å². The molecule has 1 unspecified atom stereocenters. The third kappa shape index (κ3) is 8.44. The molecule has 1 N–H and O–H groups in total. The number of hydrogen-bond acceptors (Lipinski definition) is 4. The van der Waals surface area contributed by atoms with E-state index in [4.69, 9.17) is 11.6 Å². The summed E-state index contributed by atoms with van der Waals surface area (Å²) in [6.45, 7) is -0.346. The van der Waals surface area contributed by atoms with Crippen LogP contribution in [-0.2, 0) is 32.6 Å². The van der Waals surface area contributed by atoms with Crippen molar-refractivity contribution in [3.8, 4) is 0 Å². The Morgan fingerprint density at radius 2 is 1.62 bits per heavy atom. The van der Waals surface area contributed by atoms with Crippen LogP contribution in [0, 0.1) is 3.57 Å². The Kier molecular flexibility index (Phi) is 10.5. The lowest BCUT2D eigenvalue weighted by Gasteiger charge is -2.34. The van der Waals surface area contributed by atoms with Crippen molar-refractivity contribution < 1.29 is 18.0 Å². The second kappa shape index (κ2) is 13.8. The normalized spacial score (nSPS) is 14.5. The predicted molar refractivity (Wildman–Crippen MR) is 168 cm³/mol. The molecule has 2 amide bonds. The fourth-order valence-electron chi connectivity index (χ4n) is 4.97. The summed E-state index contributed by atoms with van der Waals surface area (Å²) in [5, 5.41) is 3.67. The molecule has 7 nitrogen and oxygen atoms in total. The van der Waals surface area contributed by atoms with E-state index in [1.54, 1.807) is 42.5 Å². The minimum atomic E-state index is -3.80. The second-order valence-corrected chi connectivity index (χ2v) is 13.7. The molecule has 4 rings (SSSR count). The molecule has 0 spiro atoms. The molecule has 1 saturated carbocycles. The maximum Gasteiger partial charge on any atom is 0.244 e. The first-order valence-electron chi connectivity index (χ1n) is 13.2. The highest BCUT2D eigenvalue weighted by Crippen LogP contribution is 2.23. The van der Waals surface area contributed by atoms with Crippen molar-refractivity contribution in [2.75, 3.05) is 17.1 Å². The monoisotopic (exact) mass is 693 g/mol. The average Bonchev–Trinajstić information content (AvgIpc) is 3.43. The zero-order valence-corrected chi connectivity index (χ0v) is 26.0. The highest BCUT2D eigenvalue weighted by molar-refractivity contribution is 14.1. The highest BCUT2D eigenvalue weighted by atomic mass is 127. The number of hydrogen-bond donors (Lipinski definition) is 1. The minimum absolute atomic E-state index is 0.0632. The maximum atomic E-state index is 14.1. The number of rotatable bonds is 11. The zero-order valence-electron chi connectivity index (χ0n) is 22.3. The lowest BCUT2D eigenvalue weighted by molar-refractivity contribution is -0.140. The molecular weight excluding hydrogens is 661 g/mol. The predicted octanol–water partition coefficient (Wildman–Crippen LogP) is 5.41. The quantitative estimate of drug-likeness (QED) is 0.273. The summed E-state index contributed by atoms with van der Waals surface area (Å²) >= 11 is 8.40. The van der Waals surface area contributed by atoms with Gasteiger partial charge in [0, 0.05) is 27.6 Å². The molecule has 3 aromatic carbocycles. The number of carbonyl (C=O) groups excluding carboxylic acids is 2. The van der Waals surface area contributed by atoms with Crippen LogP contribution in [0.15, 0.2) is 78.9 Å². The second-order valence-electron chi connectivity index (χ2n) is 10.1. The van der Waals surface area contributed by atoms with E-state index < -0.39 is 28.5 Å². The van der Waals surface area contributed by atoms with Crippen molar-refractivity contribution in [1.82, 2.24) is 10.2 Å². The van der Waals surface area contributed by atoms with Gasteiger partial charge >= 0.3 is 0 Å². The Hall–Kier alpha value is -2.63. The summed E-state index contributed by atoms with van der Waals surface area (Å²) in [5.74, 6) is -0.724. The smallest absolute Gasteiger partial charge is 0.244 e. The van der Waals surface area contributed by atoms with Crippen LogP contribution in [0.4, 0.5) is 5.69 Å². The number of sulfonamides is 1.